The van der Waals surface area contributed by atoms with Gasteiger partial charge in [0.2, 0.25) is 5.16 Å². The van der Waals surface area contributed by atoms with Gasteiger partial charge in [-0.25, -0.2) is 9.07 Å². The van der Waals surface area contributed by atoms with Crippen molar-refractivity contribution in [2.24, 2.45) is 0 Å². The van der Waals surface area contributed by atoms with E-state index in [0.717, 1.165) is 12.8 Å². The lowest BCUT2D eigenvalue weighted by atomic mass is 10.2. The Balaban J connectivity index is 1.94. The first-order chi connectivity index (χ1) is 8.79. The lowest BCUT2D eigenvalue weighted by Gasteiger charge is -2.05. The maximum absolute atomic E-state index is 13.4. The van der Waals surface area contributed by atoms with E-state index < -0.39 is 5.82 Å². The van der Waals surface area contributed by atoms with Gasteiger partial charge in [-0.3, -0.25) is 4.79 Å². The van der Waals surface area contributed by atoms with E-state index in [0.29, 0.717) is 22.4 Å². The van der Waals surface area contributed by atoms with Crippen molar-refractivity contribution in [2.45, 2.75) is 28.9 Å². The van der Waals surface area contributed by atoms with Gasteiger partial charge in [-0.2, -0.15) is 0 Å². The number of tetrazole rings is 1. The summed E-state index contributed by atoms with van der Waals surface area (Å²) in [6, 6.07) is 4.85. The molecule has 1 fully saturated rings. The number of benzene rings is 1. The lowest BCUT2D eigenvalue weighted by Crippen LogP contribution is -1.99. The van der Waals surface area contributed by atoms with Crippen molar-refractivity contribution in [3.63, 3.8) is 0 Å². The number of aromatic nitrogens is 4. The number of aldehydes is 1. The molecule has 1 aromatic carbocycles. The Kier molecular flexibility index (Phi) is 2.83. The fraction of sp³-hybridized carbons (Fsp3) is 0.273. The zero-order chi connectivity index (χ0) is 12.5. The summed E-state index contributed by atoms with van der Waals surface area (Å²) in [6.45, 7) is 0. The Morgan fingerprint density at radius 2 is 2.28 bits per heavy atom. The van der Waals surface area contributed by atoms with Crippen LogP contribution in [0.25, 0.3) is 0 Å². The number of carbonyl (C=O) groups is 1. The van der Waals surface area contributed by atoms with Crippen molar-refractivity contribution in [1.29, 1.82) is 0 Å². The third-order valence-electron chi connectivity index (χ3n) is 2.69. The molecule has 0 radical (unpaired) electrons. The van der Waals surface area contributed by atoms with Gasteiger partial charge in [0, 0.05) is 4.90 Å². The van der Waals surface area contributed by atoms with E-state index in [-0.39, 0.29) is 5.56 Å². The molecular weight excluding hydrogens is 255 g/mol. The van der Waals surface area contributed by atoms with Crippen molar-refractivity contribution in [3.05, 3.63) is 29.6 Å². The highest BCUT2D eigenvalue weighted by Crippen LogP contribution is 2.38. The molecule has 1 aromatic heterocycles. The topological polar surface area (TPSA) is 60.7 Å². The summed E-state index contributed by atoms with van der Waals surface area (Å²) >= 11 is 1.21. The predicted molar refractivity (Wildman–Crippen MR) is 62.0 cm³/mol. The summed E-state index contributed by atoms with van der Waals surface area (Å²) in [7, 11) is 0. The van der Waals surface area contributed by atoms with Gasteiger partial charge in [0.25, 0.3) is 0 Å². The SMILES string of the molecule is O=Cc1c(F)cccc1Sc1nnnn1C1CC1. The summed E-state index contributed by atoms with van der Waals surface area (Å²) in [5, 5.41) is 12.0. The molecule has 0 spiro atoms. The average molecular weight is 264 g/mol. The maximum Gasteiger partial charge on any atom is 0.214 e. The van der Waals surface area contributed by atoms with Crippen LogP contribution in [-0.2, 0) is 0 Å². The van der Waals surface area contributed by atoms with Gasteiger partial charge in [0.1, 0.15) is 5.82 Å². The molecule has 2 aromatic rings. The van der Waals surface area contributed by atoms with Crippen LogP contribution < -0.4 is 0 Å². The van der Waals surface area contributed by atoms with E-state index in [2.05, 4.69) is 15.5 Å². The fourth-order valence-electron chi connectivity index (χ4n) is 1.62. The molecule has 0 amide bonds. The van der Waals surface area contributed by atoms with E-state index in [1.165, 1.54) is 17.8 Å². The van der Waals surface area contributed by atoms with Crippen molar-refractivity contribution in [1.82, 2.24) is 20.2 Å². The van der Waals surface area contributed by atoms with Gasteiger partial charge < -0.3 is 0 Å². The normalized spacial score (nSPS) is 14.7. The quantitative estimate of drug-likeness (QED) is 0.791. The Morgan fingerprint density at radius 3 is 3.00 bits per heavy atom. The third-order valence-corrected chi connectivity index (χ3v) is 3.71. The fourth-order valence-corrected chi connectivity index (χ4v) is 2.58. The maximum atomic E-state index is 13.4. The number of nitrogens with zero attached hydrogens (tertiary/aromatic N) is 4. The van der Waals surface area contributed by atoms with Gasteiger partial charge in [0.15, 0.2) is 6.29 Å². The van der Waals surface area contributed by atoms with Crippen LogP contribution in [0.3, 0.4) is 0 Å². The van der Waals surface area contributed by atoms with Gasteiger partial charge in [0.05, 0.1) is 11.6 Å². The van der Waals surface area contributed by atoms with Crippen LogP contribution in [0, 0.1) is 5.82 Å². The van der Waals surface area contributed by atoms with Crippen LogP contribution in [-0.4, -0.2) is 26.5 Å². The molecule has 1 heterocycles. The van der Waals surface area contributed by atoms with Crippen LogP contribution in [0.4, 0.5) is 4.39 Å². The Hall–Kier alpha value is -1.76. The van der Waals surface area contributed by atoms with Crippen molar-refractivity contribution < 1.29 is 9.18 Å². The minimum Gasteiger partial charge on any atom is -0.298 e. The number of halogens is 1. The molecule has 18 heavy (non-hydrogen) atoms. The second-order valence-corrected chi connectivity index (χ2v) is 5.02. The second kappa shape index (κ2) is 4.49. The molecule has 3 rings (SSSR count). The first kappa shape index (κ1) is 11.3. The first-order valence-corrected chi connectivity index (χ1v) is 6.30. The van der Waals surface area contributed by atoms with Crippen molar-refractivity contribution in [3.8, 4) is 0 Å². The largest absolute Gasteiger partial charge is 0.298 e. The van der Waals surface area contributed by atoms with E-state index in [4.69, 9.17) is 0 Å². The molecule has 5 nitrogen and oxygen atoms in total. The lowest BCUT2D eigenvalue weighted by molar-refractivity contribution is 0.111. The van der Waals surface area contributed by atoms with Crippen LogP contribution >= 0.6 is 11.8 Å². The van der Waals surface area contributed by atoms with Gasteiger partial charge in [-0.1, -0.05) is 6.07 Å². The molecule has 0 bridgehead atoms. The van der Waals surface area contributed by atoms with Gasteiger partial charge in [-0.15, -0.1) is 5.10 Å². The Bertz CT molecular complexity index is 596. The minimum atomic E-state index is -0.527. The predicted octanol–water partition coefficient (Wildman–Crippen LogP) is 2.11. The highest BCUT2D eigenvalue weighted by atomic mass is 32.2. The van der Waals surface area contributed by atoms with Crippen LogP contribution in [0.1, 0.15) is 29.2 Å². The standard InChI is InChI=1S/C11H9FN4OS/c12-9-2-1-3-10(8(9)6-17)18-11-13-14-15-16(11)7-4-5-7/h1-3,6-7H,4-5H2. The summed E-state index contributed by atoms with van der Waals surface area (Å²) in [6.07, 6.45) is 2.63. The van der Waals surface area contributed by atoms with E-state index in [9.17, 15) is 9.18 Å². The molecular formula is C11H9FN4OS. The summed E-state index contributed by atoms with van der Waals surface area (Å²) in [4.78, 5) is 11.4. The monoisotopic (exact) mass is 264 g/mol. The zero-order valence-corrected chi connectivity index (χ0v) is 10.1. The highest BCUT2D eigenvalue weighted by molar-refractivity contribution is 7.99. The number of hydrogen-bond acceptors (Lipinski definition) is 5. The number of carbonyl (C=O) groups excluding carboxylic acids is 1. The van der Waals surface area contributed by atoms with E-state index in [1.54, 1.807) is 16.8 Å². The zero-order valence-electron chi connectivity index (χ0n) is 9.28. The second-order valence-electron chi connectivity index (χ2n) is 4.01. The highest BCUT2D eigenvalue weighted by Gasteiger charge is 2.28. The van der Waals surface area contributed by atoms with Crippen molar-refractivity contribution >= 4 is 18.0 Å². The Labute approximate surface area is 106 Å². The molecule has 1 aliphatic carbocycles. The molecule has 1 aliphatic rings. The smallest absolute Gasteiger partial charge is 0.214 e. The summed E-state index contributed by atoms with van der Waals surface area (Å²) in [5.41, 5.74) is 0.0489. The van der Waals surface area contributed by atoms with E-state index in [1.807, 2.05) is 0 Å². The Morgan fingerprint density at radius 1 is 1.44 bits per heavy atom. The average Bonchev–Trinajstić information content (AvgIpc) is 3.11. The summed E-state index contributed by atoms with van der Waals surface area (Å²) < 4.78 is 15.2. The molecule has 1 saturated carbocycles. The van der Waals surface area contributed by atoms with Crippen molar-refractivity contribution in [2.75, 3.05) is 0 Å². The van der Waals surface area contributed by atoms with Crippen LogP contribution in [0.15, 0.2) is 28.3 Å². The molecule has 0 saturated heterocycles. The third kappa shape index (κ3) is 2.01. The van der Waals surface area contributed by atoms with Gasteiger partial charge >= 0.3 is 0 Å². The molecule has 0 unspecified atom stereocenters. The molecule has 0 atom stereocenters. The molecule has 92 valence electrons. The molecule has 7 heteroatoms. The number of hydrogen-bond donors (Lipinski definition) is 0. The first-order valence-electron chi connectivity index (χ1n) is 5.49. The van der Waals surface area contributed by atoms with Gasteiger partial charge in [-0.05, 0) is 47.2 Å². The number of rotatable bonds is 4. The molecule has 0 N–H and O–H groups in total. The van der Waals surface area contributed by atoms with E-state index >= 15 is 0 Å². The van der Waals surface area contributed by atoms with Crippen LogP contribution in [0.5, 0.6) is 0 Å². The molecule has 0 aliphatic heterocycles. The minimum absolute atomic E-state index is 0.0489. The van der Waals surface area contributed by atoms with Crippen LogP contribution in [0.2, 0.25) is 0 Å². The summed E-state index contributed by atoms with van der Waals surface area (Å²) in [5.74, 6) is -0.527.